The van der Waals surface area contributed by atoms with Gasteiger partial charge in [-0.1, -0.05) is 86.5 Å². The highest BCUT2D eigenvalue weighted by atomic mass is 16.5. The molecule has 1 N–H and O–H groups in total. The summed E-state index contributed by atoms with van der Waals surface area (Å²) in [4.78, 5) is 0. The van der Waals surface area contributed by atoms with Crippen molar-refractivity contribution in [1.82, 2.24) is 0 Å². The van der Waals surface area contributed by atoms with E-state index in [0.717, 1.165) is 28.9 Å². The molecule has 2 heteroatoms. The minimum Gasteiger partial charge on any atom is -0.489 e. The van der Waals surface area contributed by atoms with Gasteiger partial charge < -0.3 is 9.84 Å². The zero-order chi connectivity index (χ0) is 21.1. The van der Waals surface area contributed by atoms with Gasteiger partial charge in [-0.05, 0) is 57.4 Å². The van der Waals surface area contributed by atoms with Crippen molar-refractivity contribution in [2.45, 2.75) is 38.4 Å². The zero-order valence-corrected chi connectivity index (χ0v) is 17.4. The predicted octanol–water partition coefficient (Wildman–Crippen LogP) is 6.05. The molecule has 0 spiro atoms. The Morgan fingerprint density at radius 2 is 1.77 bits per heavy atom. The summed E-state index contributed by atoms with van der Waals surface area (Å²) >= 11 is 0. The van der Waals surface area contributed by atoms with Crippen LogP contribution in [0.4, 0.5) is 0 Å². The molecule has 2 nitrogen and oxygen atoms in total. The number of ether oxygens (including phenoxy) is 1. The maximum Gasteiger partial charge on any atom is 0.139 e. The van der Waals surface area contributed by atoms with Crippen molar-refractivity contribution in [3.8, 4) is 18.1 Å². The van der Waals surface area contributed by atoms with Crippen LogP contribution in [0.1, 0.15) is 54.2 Å². The largest absolute Gasteiger partial charge is 0.489 e. The standard InChI is InChI=1S/C28H26O2/c1-4-27(29)22-12-15-25-24(16-17-28(2,3)26(25)18-22)21-10-13-23(14-11-21)30-19-20-8-6-5-7-9-20/h1,5-16,18,27,29H,17,19H2,2-3H3. The molecule has 0 saturated heterocycles. The van der Waals surface area contributed by atoms with Crippen LogP contribution in [-0.4, -0.2) is 5.11 Å². The highest BCUT2D eigenvalue weighted by Gasteiger charge is 2.29. The smallest absolute Gasteiger partial charge is 0.139 e. The van der Waals surface area contributed by atoms with Gasteiger partial charge in [0.1, 0.15) is 18.5 Å². The summed E-state index contributed by atoms with van der Waals surface area (Å²) in [5.74, 6) is 3.27. The first-order chi connectivity index (χ1) is 14.5. The fourth-order valence-corrected chi connectivity index (χ4v) is 3.95. The van der Waals surface area contributed by atoms with E-state index in [4.69, 9.17) is 11.2 Å². The van der Waals surface area contributed by atoms with Crippen LogP contribution in [0.2, 0.25) is 0 Å². The van der Waals surface area contributed by atoms with Crippen molar-refractivity contribution in [2.24, 2.45) is 0 Å². The van der Waals surface area contributed by atoms with Crippen LogP contribution in [0, 0.1) is 12.3 Å². The van der Waals surface area contributed by atoms with Crippen LogP contribution in [-0.2, 0) is 12.0 Å². The SMILES string of the molecule is C#CC(O)c1ccc2c(c1)C(C)(C)CC=C2c1ccc(OCc2ccccc2)cc1. The van der Waals surface area contributed by atoms with Gasteiger partial charge in [-0.2, -0.15) is 0 Å². The van der Waals surface area contributed by atoms with Gasteiger partial charge in [0.15, 0.2) is 0 Å². The Morgan fingerprint density at radius 1 is 1.03 bits per heavy atom. The summed E-state index contributed by atoms with van der Waals surface area (Å²) in [6.07, 6.45) is 7.78. The Bertz CT molecular complexity index is 1100. The van der Waals surface area contributed by atoms with Crippen molar-refractivity contribution >= 4 is 5.57 Å². The number of aliphatic hydroxyl groups excluding tert-OH is 1. The molecule has 0 fully saturated rings. The molecule has 3 aromatic rings. The van der Waals surface area contributed by atoms with E-state index in [1.165, 1.54) is 16.7 Å². The second-order valence-electron chi connectivity index (χ2n) is 8.38. The summed E-state index contributed by atoms with van der Waals surface area (Å²) in [6.45, 7) is 5.01. The van der Waals surface area contributed by atoms with Crippen LogP contribution in [0.5, 0.6) is 5.75 Å². The number of fused-ring (bicyclic) bond motifs is 1. The third-order valence-corrected chi connectivity index (χ3v) is 5.77. The van der Waals surface area contributed by atoms with E-state index in [-0.39, 0.29) is 5.41 Å². The number of rotatable bonds is 5. The average molecular weight is 395 g/mol. The summed E-state index contributed by atoms with van der Waals surface area (Å²) in [7, 11) is 0. The van der Waals surface area contributed by atoms with E-state index in [0.29, 0.717) is 6.61 Å². The van der Waals surface area contributed by atoms with Crippen molar-refractivity contribution in [1.29, 1.82) is 0 Å². The molecule has 30 heavy (non-hydrogen) atoms. The molecule has 0 aliphatic heterocycles. The molecule has 4 rings (SSSR count). The predicted molar refractivity (Wildman–Crippen MR) is 122 cm³/mol. The summed E-state index contributed by atoms with van der Waals surface area (Å²) in [5.41, 5.74) is 6.69. The topological polar surface area (TPSA) is 29.5 Å². The maximum atomic E-state index is 10.1. The van der Waals surface area contributed by atoms with Crippen molar-refractivity contribution < 1.29 is 9.84 Å². The molecule has 0 radical (unpaired) electrons. The van der Waals surface area contributed by atoms with Crippen LogP contribution in [0.25, 0.3) is 5.57 Å². The zero-order valence-electron chi connectivity index (χ0n) is 17.4. The molecule has 0 aromatic heterocycles. The number of terminal acetylenes is 1. The number of hydrogen-bond donors (Lipinski definition) is 1. The minimum atomic E-state index is -0.874. The van der Waals surface area contributed by atoms with Crippen molar-refractivity contribution in [3.05, 3.63) is 107 Å². The molecule has 1 unspecified atom stereocenters. The van der Waals surface area contributed by atoms with Gasteiger partial charge in [0.2, 0.25) is 0 Å². The Hall–Kier alpha value is -3.28. The minimum absolute atomic E-state index is 0.0120. The second kappa shape index (κ2) is 8.22. The molecular formula is C28H26O2. The second-order valence-corrected chi connectivity index (χ2v) is 8.38. The fourth-order valence-electron chi connectivity index (χ4n) is 3.95. The Balaban J connectivity index is 1.59. The van der Waals surface area contributed by atoms with Crippen LogP contribution in [0.15, 0.2) is 78.9 Å². The lowest BCUT2D eigenvalue weighted by atomic mass is 9.71. The van der Waals surface area contributed by atoms with Gasteiger partial charge in [-0.25, -0.2) is 0 Å². The van der Waals surface area contributed by atoms with Crippen molar-refractivity contribution in [3.63, 3.8) is 0 Å². The number of benzene rings is 3. The summed E-state index contributed by atoms with van der Waals surface area (Å²) in [6, 6.07) is 24.5. The van der Waals surface area contributed by atoms with Crippen LogP contribution >= 0.6 is 0 Å². The molecule has 3 aromatic carbocycles. The van der Waals surface area contributed by atoms with Gasteiger partial charge in [0.05, 0.1) is 0 Å². The fraction of sp³-hybridized carbons (Fsp3) is 0.214. The molecule has 150 valence electrons. The average Bonchev–Trinajstić information content (AvgIpc) is 2.78. The highest BCUT2D eigenvalue weighted by Crippen LogP contribution is 2.42. The van der Waals surface area contributed by atoms with E-state index in [1.54, 1.807) is 0 Å². The summed E-state index contributed by atoms with van der Waals surface area (Å²) in [5, 5.41) is 10.1. The van der Waals surface area contributed by atoms with E-state index in [1.807, 2.05) is 36.4 Å². The Kier molecular flexibility index (Phi) is 5.48. The first-order valence-corrected chi connectivity index (χ1v) is 10.2. The van der Waals surface area contributed by atoms with Crippen molar-refractivity contribution in [2.75, 3.05) is 0 Å². The lowest BCUT2D eigenvalue weighted by molar-refractivity contribution is 0.238. The molecule has 1 aliphatic rings. The van der Waals surface area contributed by atoms with Gasteiger partial charge in [0.25, 0.3) is 0 Å². The number of allylic oxidation sites excluding steroid dienone is 1. The molecular weight excluding hydrogens is 368 g/mol. The Morgan fingerprint density at radius 3 is 2.47 bits per heavy atom. The quantitative estimate of drug-likeness (QED) is 0.534. The first kappa shape index (κ1) is 20.0. The third-order valence-electron chi connectivity index (χ3n) is 5.77. The number of aliphatic hydroxyl groups is 1. The maximum absolute atomic E-state index is 10.1. The van der Waals surface area contributed by atoms with Gasteiger partial charge >= 0.3 is 0 Å². The lowest BCUT2D eigenvalue weighted by Crippen LogP contribution is -2.22. The molecule has 0 saturated carbocycles. The van der Waals surface area contributed by atoms with E-state index in [2.05, 4.69) is 62.2 Å². The van der Waals surface area contributed by atoms with Crippen LogP contribution < -0.4 is 4.74 Å². The first-order valence-electron chi connectivity index (χ1n) is 10.2. The molecule has 0 amide bonds. The molecule has 0 heterocycles. The van der Waals surface area contributed by atoms with Gasteiger partial charge in [0, 0.05) is 0 Å². The molecule has 1 atom stereocenters. The Labute approximate surface area is 178 Å². The lowest BCUT2D eigenvalue weighted by Gasteiger charge is -2.33. The summed E-state index contributed by atoms with van der Waals surface area (Å²) < 4.78 is 5.93. The molecule has 0 bridgehead atoms. The monoisotopic (exact) mass is 394 g/mol. The van der Waals surface area contributed by atoms with Gasteiger partial charge in [-0.3, -0.25) is 0 Å². The van der Waals surface area contributed by atoms with E-state index in [9.17, 15) is 5.11 Å². The number of hydrogen-bond acceptors (Lipinski definition) is 2. The molecule has 1 aliphatic carbocycles. The normalized spacial score (nSPS) is 15.5. The van der Waals surface area contributed by atoms with Crippen LogP contribution in [0.3, 0.4) is 0 Å². The third kappa shape index (κ3) is 4.03. The highest BCUT2D eigenvalue weighted by molar-refractivity contribution is 5.84. The van der Waals surface area contributed by atoms with Gasteiger partial charge in [-0.15, -0.1) is 6.42 Å². The van der Waals surface area contributed by atoms with E-state index >= 15 is 0 Å². The van der Waals surface area contributed by atoms with E-state index < -0.39 is 6.10 Å².